The predicted molar refractivity (Wildman–Crippen MR) is 135 cm³/mol. The zero-order valence-corrected chi connectivity index (χ0v) is 21.6. The van der Waals surface area contributed by atoms with Crippen molar-refractivity contribution in [2.45, 2.75) is 84.8 Å². The predicted octanol–water partition coefficient (Wildman–Crippen LogP) is 4.53. The maximum Gasteiger partial charge on any atom is 0.401 e. The van der Waals surface area contributed by atoms with Crippen LogP contribution in [0.5, 0.6) is 11.6 Å². The summed E-state index contributed by atoms with van der Waals surface area (Å²) in [5.41, 5.74) is 8.42. The van der Waals surface area contributed by atoms with E-state index in [0.717, 1.165) is 24.2 Å². The highest BCUT2D eigenvalue weighted by molar-refractivity contribution is 5.95. The Labute approximate surface area is 207 Å². The summed E-state index contributed by atoms with van der Waals surface area (Å²) in [6.07, 6.45) is 5.58. The molecule has 2 N–H and O–H groups in total. The number of aromatic nitrogens is 4. The van der Waals surface area contributed by atoms with Crippen molar-refractivity contribution in [1.82, 2.24) is 14.7 Å². The van der Waals surface area contributed by atoms with Crippen molar-refractivity contribution >= 4 is 17.4 Å². The van der Waals surface area contributed by atoms with E-state index < -0.39 is 0 Å². The highest BCUT2D eigenvalue weighted by atomic mass is 16.5. The van der Waals surface area contributed by atoms with Gasteiger partial charge in [-0.05, 0) is 60.8 Å². The van der Waals surface area contributed by atoms with Gasteiger partial charge in [0.15, 0.2) is 12.3 Å². The van der Waals surface area contributed by atoms with Crippen molar-refractivity contribution in [2.75, 3.05) is 12.3 Å². The van der Waals surface area contributed by atoms with Gasteiger partial charge in [-0.25, -0.2) is 0 Å². The van der Waals surface area contributed by atoms with Gasteiger partial charge in [0, 0.05) is 17.7 Å². The molecule has 0 bridgehead atoms. The minimum atomic E-state index is -0.116. The van der Waals surface area contributed by atoms with Crippen LogP contribution in [0.4, 0.5) is 5.95 Å². The molecule has 0 atom stereocenters. The maximum atomic E-state index is 13.3. The monoisotopic (exact) mass is 480 g/mol. The van der Waals surface area contributed by atoms with Gasteiger partial charge >= 0.3 is 5.95 Å². The highest BCUT2D eigenvalue weighted by Crippen LogP contribution is 2.31. The summed E-state index contributed by atoms with van der Waals surface area (Å²) in [5, 5.41) is 8.98. The molecule has 0 aliphatic heterocycles. The van der Waals surface area contributed by atoms with E-state index in [9.17, 15) is 4.79 Å². The van der Waals surface area contributed by atoms with Crippen LogP contribution in [0.1, 0.15) is 82.6 Å². The van der Waals surface area contributed by atoms with E-state index in [2.05, 4.69) is 44.8 Å². The Balaban J connectivity index is 1.57. The minimum absolute atomic E-state index is 0.00753. The topological polar surface area (TPSA) is 95.6 Å². The van der Waals surface area contributed by atoms with E-state index in [1.54, 1.807) is 12.1 Å². The molecule has 0 saturated heterocycles. The third-order valence-corrected chi connectivity index (χ3v) is 6.79. The first-order valence-corrected chi connectivity index (χ1v) is 12.7. The maximum absolute atomic E-state index is 13.3. The molecule has 1 saturated carbocycles. The molecule has 188 valence electrons. The molecule has 35 heavy (non-hydrogen) atoms. The number of nitrogen functional groups attached to an aromatic ring is 1. The highest BCUT2D eigenvalue weighted by Gasteiger charge is 2.24. The van der Waals surface area contributed by atoms with Gasteiger partial charge in [-0.1, -0.05) is 55.8 Å². The van der Waals surface area contributed by atoms with E-state index in [1.165, 1.54) is 28.5 Å². The van der Waals surface area contributed by atoms with Gasteiger partial charge in [0.1, 0.15) is 11.9 Å². The van der Waals surface area contributed by atoms with Gasteiger partial charge in [-0.3, -0.25) is 10.5 Å². The summed E-state index contributed by atoms with van der Waals surface area (Å²) in [4.78, 5) is 13.3. The smallest absolute Gasteiger partial charge is 0.401 e. The third kappa shape index (κ3) is 5.74. The second-order valence-corrected chi connectivity index (χ2v) is 10.5. The van der Waals surface area contributed by atoms with Crippen LogP contribution in [0.2, 0.25) is 0 Å². The average Bonchev–Trinajstić information content (AvgIpc) is 3.10. The molecule has 2 heterocycles. The van der Waals surface area contributed by atoms with Crippen LogP contribution in [0.25, 0.3) is 5.65 Å². The molecule has 4 rings (SSSR count). The molecule has 1 aliphatic carbocycles. The summed E-state index contributed by atoms with van der Waals surface area (Å²) in [6, 6.07) is 9.42. The van der Waals surface area contributed by atoms with Crippen molar-refractivity contribution in [1.29, 1.82) is 0 Å². The van der Waals surface area contributed by atoms with Crippen LogP contribution in [-0.4, -0.2) is 33.2 Å². The number of hydrogen-bond acceptors (Lipinski definition) is 6. The number of nitrogens with zero attached hydrogens (tertiary/aromatic N) is 4. The van der Waals surface area contributed by atoms with Crippen LogP contribution in [-0.2, 0) is 12.0 Å². The third-order valence-electron chi connectivity index (χ3n) is 6.79. The van der Waals surface area contributed by atoms with Gasteiger partial charge < -0.3 is 9.47 Å². The zero-order chi connectivity index (χ0) is 25.2. The molecule has 1 aliphatic rings. The number of hydrogen-bond donors (Lipinski definition) is 1. The Hall–Kier alpha value is -3.16. The van der Waals surface area contributed by atoms with E-state index in [4.69, 9.17) is 15.2 Å². The number of rotatable bonds is 10. The van der Waals surface area contributed by atoms with E-state index in [0.29, 0.717) is 29.6 Å². The molecular weight excluding hydrogens is 442 g/mol. The van der Waals surface area contributed by atoms with Crippen molar-refractivity contribution in [2.24, 2.45) is 5.92 Å². The summed E-state index contributed by atoms with van der Waals surface area (Å²) < 4.78 is 15.0. The van der Waals surface area contributed by atoms with Crippen LogP contribution in [0.15, 0.2) is 30.3 Å². The number of carbonyl (C=O) groups is 1. The largest absolute Gasteiger partial charge is 0.493 e. The Kier molecular flexibility index (Phi) is 7.28. The van der Waals surface area contributed by atoms with Crippen LogP contribution in [0.3, 0.4) is 0 Å². The van der Waals surface area contributed by atoms with E-state index in [-0.39, 0.29) is 29.8 Å². The lowest BCUT2D eigenvalue weighted by molar-refractivity contribution is -0.723. The summed E-state index contributed by atoms with van der Waals surface area (Å²) >= 11 is 0. The van der Waals surface area contributed by atoms with Crippen molar-refractivity contribution < 1.29 is 19.0 Å². The molecule has 0 radical (unpaired) electrons. The van der Waals surface area contributed by atoms with Crippen LogP contribution < -0.4 is 19.9 Å². The number of nitrogens with two attached hydrogens (primary N) is 1. The fourth-order valence-corrected chi connectivity index (χ4v) is 4.11. The first kappa shape index (κ1) is 24.9. The Bertz CT molecular complexity index is 1190. The standard InChI is InChI=1S/C27H37N5O3/c1-6-21(7-2)35-25-12-11-24-29-31(26(28)32(24)30-25)16-23(33)19-13-20(27(3,4)5)15-22(14-19)34-17-18-9-8-10-18/h11-15,18,21,28H,6-10,16-17H2,1-5H3/p+1. The van der Waals surface area contributed by atoms with Gasteiger partial charge in [0.2, 0.25) is 5.88 Å². The average molecular weight is 481 g/mol. The summed E-state index contributed by atoms with van der Waals surface area (Å²) in [5.74, 6) is 2.03. The van der Waals surface area contributed by atoms with E-state index in [1.807, 2.05) is 18.2 Å². The van der Waals surface area contributed by atoms with E-state index >= 15 is 0 Å². The number of fused-ring (bicyclic) bond motifs is 1. The van der Waals surface area contributed by atoms with Gasteiger partial charge in [0.25, 0.3) is 5.65 Å². The fourth-order valence-electron chi connectivity index (χ4n) is 4.11. The lowest BCUT2D eigenvalue weighted by atomic mass is 9.85. The normalized spacial score (nSPS) is 14.3. The molecule has 3 aromatic rings. The first-order chi connectivity index (χ1) is 16.7. The zero-order valence-electron chi connectivity index (χ0n) is 21.6. The Morgan fingerprint density at radius 1 is 1.20 bits per heavy atom. The molecule has 8 nitrogen and oxygen atoms in total. The molecule has 0 spiro atoms. The SMILES string of the molecule is CCC(CC)Oc1ccc2n[n+](CC(=O)c3cc(OCC4CCC4)cc(C(C)(C)C)c3)c(N)n2n1. The Morgan fingerprint density at radius 2 is 1.94 bits per heavy atom. The number of Topliss-reactive ketones (excluding diaryl/α,β-unsaturated/α-hetero) is 1. The second kappa shape index (κ2) is 10.2. The number of carbonyl (C=O) groups excluding carboxylic acids is 1. The second-order valence-electron chi connectivity index (χ2n) is 10.5. The molecule has 0 unspecified atom stereocenters. The first-order valence-electron chi connectivity index (χ1n) is 12.7. The molecule has 1 fully saturated rings. The summed E-state index contributed by atoms with van der Waals surface area (Å²) in [7, 11) is 0. The number of ketones is 1. The number of benzene rings is 1. The number of anilines is 1. The fraction of sp³-hybridized carbons (Fsp3) is 0.556. The molecular formula is C27H38N5O3+. The molecule has 8 heteroatoms. The lowest BCUT2D eigenvalue weighted by Crippen LogP contribution is -2.42. The Morgan fingerprint density at radius 3 is 2.57 bits per heavy atom. The quantitative estimate of drug-likeness (QED) is 0.338. The van der Waals surface area contributed by atoms with Crippen LogP contribution in [0, 0.1) is 5.92 Å². The number of ether oxygens (including phenoxy) is 2. The molecule has 1 aromatic carbocycles. The molecule has 0 amide bonds. The van der Waals surface area contributed by atoms with Gasteiger partial charge in [0.05, 0.1) is 6.61 Å². The van der Waals surface area contributed by atoms with Gasteiger partial charge in [-0.15, -0.1) is 4.68 Å². The van der Waals surface area contributed by atoms with Crippen molar-refractivity contribution in [3.8, 4) is 11.6 Å². The van der Waals surface area contributed by atoms with Gasteiger partial charge in [-0.2, -0.15) is 0 Å². The molecule has 2 aromatic heterocycles. The van der Waals surface area contributed by atoms with Crippen molar-refractivity contribution in [3.05, 3.63) is 41.5 Å². The van der Waals surface area contributed by atoms with Crippen molar-refractivity contribution in [3.63, 3.8) is 0 Å². The lowest BCUT2D eigenvalue weighted by Gasteiger charge is -2.26. The minimum Gasteiger partial charge on any atom is -0.493 e. The summed E-state index contributed by atoms with van der Waals surface area (Å²) in [6.45, 7) is 11.3. The van der Waals surface area contributed by atoms with Crippen LogP contribution >= 0.6 is 0 Å².